The van der Waals surface area contributed by atoms with E-state index in [1.54, 1.807) is 0 Å². The molecule has 2 aromatic carbocycles. The molecule has 6 heteroatoms. The Bertz CT molecular complexity index is 1040. The fraction of sp³-hybridized carbons (Fsp3) is 0.0952. The van der Waals surface area contributed by atoms with Crippen LogP contribution >= 0.6 is 0 Å². The summed E-state index contributed by atoms with van der Waals surface area (Å²) in [7, 11) is 0. The third kappa shape index (κ3) is 4.12. The Balaban J connectivity index is 1.70. The zero-order valence-electron chi connectivity index (χ0n) is 15.1. The maximum Gasteiger partial charge on any atom is 0.229 e. The van der Waals surface area contributed by atoms with Crippen molar-refractivity contribution in [3.63, 3.8) is 0 Å². The van der Waals surface area contributed by atoms with Crippen molar-refractivity contribution in [1.29, 1.82) is 0 Å². The molecule has 4 aromatic rings. The van der Waals surface area contributed by atoms with E-state index in [0.29, 0.717) is 17.6 Å². The molecule has 2 aromatic heterocycles. The second-order valence-electron chi connectivity index (χ2n) is 6.27. The molecule has 0 radical (unpaired) electrons. The molecule has 6 nitrogen and oxygen atoms in total. The maximum absolute atomic E-state index is 5.12. The summed E-state index contributed by atoms with van der Waals surface area (Å²) >= 11 is 0. The third-order valence-corrected chi connectivity index (χ3v) is 3.99. The molecule has 0 aliphatic rings. The minimum absolute atomic E-state index is 0.503. The van der Waals surface area contributed by atoms with Crippen LogP contribution in [0.25, 0.3) is 11.3 Å². The summed E-state index contributed by atoms with van der Waals surface area (Å²) in [5, 5.41) is 10.4. The predicted octanol–water partition coefficient (Wildman–Crippen LogP) is 5.24. The van der Waals surface area contributed by atoms with Crippen molar-refractivity contribution in [3.05, 3.63) is 78.1 Å². The van der Waals surface area contributed by atoms with E-state index < -0.39 is 0 Å². The SMILES string of the molecule is Cc1ccc(Nc2nc(Nc3cc(C)on3)cc(-c3ccccc3)n2)cc1. The molecule has 0 bridgehead atoms. The van der Waals surface area contributed by atoms with Crippen molar-refractivity contribution in [1.82, 2.24) is 15.1 Å². The Hall–Kier alpha value is -3.67. The summed E-state index contributed by atoms with van der Waals surface area (Å²) in [5.41, 5.74) is 3.94. The lowest BCUT2D eigenvalue weighted by molar-refractivity contribution is 0.400. The van der Waals surface area contributed by atoms with E-state index in [0.717, 1.165) is 22.7 Å². The molecule has 0 aliphatic heterocycles. The molecule has 0 unspecified atom stereocenters. The van der Waals surface area contributed by atoms with Gasteiger partial charge in [0.25, 0.3) is 0 Å². The molecule has 134 valence electrons. The average molecular weight is 357 g/mol. The quantitative estimate of drug-likeness (QED) is 0.509. The van der Waals surface area contributed by atoms with Crippen molar-refractivity contribution < 1.29 is 4.52 Å². The molecule has 0 spiro atoms. The molecule has 2 N–H and O–H groups in total. The van der Waals surface area contributed by atoms with E-state index in [1.165, 1.54) is 5.56 Å². The second kappa shape index (κ2) is 7.29. The molecule has 0 amide bonds. The third-order valence-electron chi connectivity index (χ3n) is 3.99. The van der Waals surface area contributed by atoms with Gasteiger partial charge in [0.2, 0.25) is 5.95 Å². The van der Waals surface area contributed by atoms with Crippen LogP contribution in [0.5, 0.6) is 0 Å². The van der Waals surface area contributed by atoms with Crippen LogP contribution in [0.15, 0.2) is 71.3 Å². The lowest BCUT2D eigenvalue weighted by atomic mass is 10.1. The van der Waals surface area contributed by atoms with Crippen molar-refractivity contribution in [3.8, 4) is 11.3 Å². The number of aromatic nitrogens is 3. The molecular formula is C21H19N5O. The highest BCUT2D eigenvalue weighted by Gasteiger charge is 2.09. The van der Waals surface area contributed by atoms with Crippen LogP contribution in [0.2, 0.25) is 0 Å². The largest absolute Gasteiger partial charge is 0.360 e. The first-order valence-electron chi connectivity index (χ1n) is 8.64. The summed E-state index contributed by atoms with van der Waals surface area (Å²) in [4.78, 5) is 9.23. The Morgan fingerprint density at radius 1 is 0.778 bits per heavy atom. The molecular weight excluding hydrogens is 338 g/mol. The van der Waals surface area contributed by atoms with Gasteiger partial charge in [-0.25, -0.2) is 4.98 Å². The molecule has 0 saturated heterocycles. The molecule has 0 atom stereocenters. The number of anilines is 4. The lowest BCUT2D eigenvalue weighted by Crippen LogP contribution is -2.02. The Kier molecular flexibility index (Phi) is 4.53. The fourth-order valence-electron chi connectivity index (χ4n) is 2.65. The minimum atomic E-state index is 0.503. The minimum Gasteiger partial charge on any atom is -0.360 e. The monoisotopic (exact) mass is 357 g/mol. The van der Waals surface area contributed by atoms with E-state index in [4.69, 9.17) is 4.52 Å². The van der Waals surface area contributed by atoms with Crippen LogP contribution in [0, 0.1) is 13.8 Å². The second-order valence-corrected chi connectivity index (χ2v) is 6.27. The summed E-state index contributed by atoms with van der Waals surface area (Å²) in [6, 6.07) is 21.8. The Morgan fingerprint density at radius 2 is 1.56 bits per heavy atom. The number of nitrogens with zero attached hydrogens (tertiary/aromatic N) is 3. The van der Waals surface area contributed by atoms with Gasteiger partial charge in [0.1, 0.15) is 11.6 Å². The molecule has 0 saturated carbocycles. The van der Waals surface area contributed by atoms with Crippen LogP contribution in [0.1, 0.15) is 11.3 Å². The normalized spacial score (nSPS) is 10.6. The highest BCUT2D eigenvalue weighted by Crippen LogP contribution is 2.25. The zero-order valence-corrected chi connectivity index (χ0v) is 15.1. The summed E-state index contributed by atoms with van der Waals surface area (Å²) in [5.74, 6) is 2.47. The van der Waals surface area contributed by atoms with Crippen LogP contribution in [0.3, 0.4) is 0 Å². The number of rotatable bonds is 5. The summed E-state index contributed by atoms with van der Waals surface area (Å²) < 4.78 is 5.12. The van der Waals surface area contributed by atoms with Crippen LogP contribution in [-0.4, -0.2) is 15.1 Å². The first-order valence-corrected chi connectivity index (χ1v) is 8.64. The van der Waals surface area contributed by atoms with Crippen LogP contribution in [0.4, 0.5) is 23.3 Å². The van der Waals surface area contributed by atoms with Crippen molar-refractivity contribution in [2.75, 3.05) is 10.6 Å². The van der Waals surface area contributed by atoms with Crippen LogP contribution < -0.4 is 10.6 Å². The van der Waals surface area contributed by atoms with Crippen molar-refractivity contribution in [2.45, 2.75) is 13.8 Å². The van der Waals surface area contributed by atoms with Gasteiger partial charge in [0.15, 0.2) is 5.82 Å². The van der Waals surface area contributed by atoms with E-state index in [9.17, 15) is 0 Å². The van der Waals surface area contributed by atoms with Gasteiger partial charge in [-0.15, -0.1) is 0 Å². The van der Waals surface area contributed by atoms with Gasteiger partial charge in [-0.1, -0.05) is 53.2 Å². The highest BCUT2D eigenvalue weighted by atomic mass is 16.5. The van der Waals surface area contributed by atoms with Gasteiger partial charge < -0.3 is 15.2 Å². The number of hydrogen-bond acceptors (Lipinski definition) is 6. The van der Waals surface area contributed by atoms with Crippen LogP contribution in [-0.2, 0) is 0 Å². The predicted molar refractivity (Wildman–Crippen MR) is 106 cm³/mol. The fourth-order valence-corrected chi connectivity index (χ4v) is 2.65. The van der Waals surface area contributed by atoms with Gasteiger partial charge in [-0.2, -0.15) is 4.98 Å². The molecule has 0 fully saturated rings. The molecule has 4 rings (SSSR count). The number of aryl methyl sites for hydroxylation is 2. The van der Waals surface area contributed by atoms with Gasteiger partial charge in [0, 0.05) is 23.4 Å². The lowest BCUT2D eigenvalue weighted by Gasteiger charge is -2.10. The first kappa shape index (κ1) is 16.8. The van der Waals surface area contributed by atoms with E-state index in [-0.39, 0.29) is 0 Å². The number of nitrogens with one attached hydrogen (secondary N) is 2. The number of benzene rings is 2. The molecule has 0 aliphatic carbocycles. The summed E-state index contributed by atoms with van der Waals surface area (Å²) in [6.45, 7) is 3.90. The Morgan fingerprint density at radius 3 is 2.26 bits per heavy atom. The molecule has 27 heavy (non-hydrogen) atoms. The average Bonchev–Trinajstić information content (AvgIpc) is 3.09. The summed E-state index contributed by atoms with van der Waals surface area (Å²) in [6.07, 6.45) is 0. The van der Waals surface area contributed by atoms with Gasteiger partial charge >= 0.3 is 0 Å². The molecule has 2 heterocycles. The highest BCUT2D eigenvalue weighted by molar-refractivity contribution is 5.68. The van der Waals surface area contributed by atoms with E-state index >= 15 is 0 Å². The van der Waals surface area contributed by atoms with Gasteiger partial charge in [0.05, 0.1) is 5.69 Å². The smallest absolute Gasteiger partial charge is 0.229 e. The first-order chi connectivity index (χ1) is 13.2. The zero-order chi connectivity index (χ0) is 18.6. The van der Waals surface area contributed by atoms with E-state index in [1.807, 2.05) is 73.7 Å². The topological polar surface area (TPSA) is 75.9 Å². The number of hydrogen-bond donors (Lipinski definition) is 2. The van der Waals surface area contributed by atoms with Crippen molar-refractivity contribution in [2.24, 2.45) is 0 Å². The van der Waals surface area contributed by atoms with Gasteiger partial charge in [-0.3, -0.25) is 0 Å². The van der Waals surface area contributed by atoms with E-state index in [2.05, 4.69) is 32.7 Å². The Labute approximate surface area is 157 Å². The maximum atomic E-state index is 5.12. The van der Waals surface area contributed by atoms with Crippen molar-refractivity contribution >= 4 is 23.3 Å². The standard InChI is InChI=1S/C21H19N5O/c1-14-8-10-17(11-9-14)22-21-23-18(16-6-4-3-5-7-16)13-19(25-21)24-20-12-15(2)27-26-20/h3-13H,1-2H3,(H2,22,23,24,25,26). The van der Waals surface area contributed by atoms with Gasteiger partial charge in [-0.05, 0) is 26.0 Å².